The van der Waals surface area contributed by atoms with E-state index in [2.05, 4.69) is 20.4 Å². The van der Waals surface area contributed by atoms with Gasteiger partial charge < -0.3 is 15.1 Å². The van der Waals surface area contributed by atoms with E-state index >= 15 is 0 Å². The van der Waals surface area contributed by atoms with Crippen LogP contribution in [0.15, 0.2) is 42.5 Å². The van der Waals surface area contributed by atoms with E-state index in [1.54, 1.807) is 4.90 Å². The van der Waals surface area contributed by atoms with Gasteiger partial charge in [0.1, 0.15) is 0 Å². The normalized spacial score (nSPS) is 19.2. The lowest BCUT2D eigenvalue weighted by molar-refractivity contribution is 0.151. The van der Waals surface area contributed by atoms with Gasteiger partial charge in [-0.1, -0.05) is 30.3 Å². The Hall–Kier alpha value is -2.63. The van der Waals surface area contributed by atoms with E-state index in [1.807, 2.05) is 49.5 Å². The van der Waals surface area contributed by atoms with Gasteiger partial charge in [0.05, 0.1) is 11.2 Å². The highest BCUT2D eigenvalue weighted by molar-refractivity contribution is 5.78. The number of nitrogens with one attached hydrogen (secondary N) is 1. The zero-order valence-corrected chi connectivity index (χ0v) is 12.4. The first-order chi connectivity index (χ1) is 10.7. The summed E-state index contributed by atoms with van der Waals surface area (Å²) in [6.07, 6.45) is 0. The quantitative estimate of drug-likeness (QED) is 0.908. The molecule has 1 spiro atoms. The van der Waals surface area contributed by atoms with Gasteiger partial charge in [0.2, 0.25) is 0 Å². The van der Waals surface area contributed by atoms with E-state index < -0.39 is 0 Å². The van der Waals surface area contributed by atoms with Crippen LogP contribution in [0.2, 0.25) is 0 Å². The largest absolute Gasteiger partial charge is 0.350 e. The van der Waals surface area contributed by atoms with E-state index in [1.165, 1.54) is 0 Å². The number of anilines is 1. The van der Waals surface area contributed by atoms with Crippen LogP contribution in [0.3, 0.4) is 0 Å². The molecule has 2 aliphatic rings. The van der Waals surface area contributed by atoms with Crippen LogP contribution < -0.4 is 10.2 Å². The molecule has 2 aromatic rings. The number of aromatic nitrogens is 2. The van der Waals surface area contributed by atoms with Crippen LogP contribution in [-0.4, -0.2) is 53.3 Å². The zero-order valence-electron chi connectivity index (χ0n) is 12.4. The first-order valence-electron chi connectivity index (χ1n) is 7.34. The molecule has 2 saturated heterocycles. The van der Waals surface area contributed by atoms with Crippen molar-refractivity contribution >= 4 is 11.8 Å². The minimum absolute atomic E-state index is 0.00478. The third-order valence-corrected chi connectivity index (χ3v) is 4.60. The van der Waals surface area contributed by atoms with Crippen LogP contribution in [0, 0.1) is 0 Å². The molecule has 0 unspecified atom stereocenters. The molecule has 0 saturated carbocycles. The fourth-order valence-electron chi connectivity index (χ4n) is 3.10. The number of carbonyl (C=O) groups is 1. The van der Waals surface area contributed by atoms with Gasteiger partial charge >= 0.3 is 6.03 Å². The van der Waals surface area contributed by atoms with Gasteiger partial charge in [0, 0.05) is 32.2 Å². The van der Waals surface area contributed by atoms with Gasteiger partial charge in [0.15, 0.2) is 5.82 Å². The highest BCUT2D eigenvalue weighted by Gasteiger charge is 2.52. The maximum Gasteiger partial charge on any atom is 0.317 e. The molecule has 0 bridgehead atoms. The lowest BCUT2D eigenvalue weighted by Gasteiger charge is -2.50. The van der Waals surface area contributed by atoms with Gasteiger partial charge in [-0.25, -0.2) is 4.79 Å². The molecule has 1 N–H and O–H groups in total. The van der Waals surface area contributed by atoms with Gasteiger partial charge in [-0.05, 0) is 12.1 Å². The maximum atomic E-state index is 11.6. The van der Waals surface area contributed by atoms with E-state index in [0.29, 0.717) is 6.54 Å². The second kappa shape index (κ2) is 4.69. The summed E-state index contributed by atoms with van der Waals surface area (Å²) < 4.78 is 0. The molecule has 2 fully saturated rings. The molecule has 6 heteroatoms. The topological polar surface area (TPSA) is 61.4 Å². The monoisotopic (exact) mass is 295 g/mol. The van der Waals surface area contributed by atoms with E-state index in [-0.39, 0.29) is 11.6 Å². The molecule has 0 aliphatic carbocycles. The molecule has 1 aromatic heterocycles. The summed E-state index contributed by atoms with van der Waals surface area (Å²) in [4.78, 5) is 15.5. The Morgan fingerprint density at radius 3 is 2.45 bits per heavy atom. The number of nitrogens with zero attached hydrogens (tertiary/aromatic N) is 4. The van der Waals surface area contributed by atoms with Crippen LogP contribution in [-0.2, 0) is 0 Å². The minimum atomic E-state index is -0.0864. The Labute approximate surface area is 128 Å². The first kappa shape index (κ1) is 13.1. The number of amides is 2. The van der Waals surface area contributed by atoms with Crippen molar-refractivity contribution in [2.45, 2.75) is 5.54 Å². The average molecular weight is 295 g/mol. The minimum Gasteiger partial charge on any atom is -0.350 e. The molecule has 1 aromatic carbocycles. The molecule has 3 heterocycles. The molecule has 2 aliphatic heterocycles. The maximum absolute atomic E-state index is 11.6. The summed E-state index contributed by atoms with van der Waals surface area (Å²) in [5.41, 5.74) is 1.85. The molecule has 4 rings (SSSR count). The van der Waals surface area contributed by atoms with Crippen LogP contribution in [0.1, 0.15) is 0 Å². The van der Waals surface area contributed by atoms with Crippen molar-refractivity contribution in [1.82, 2.24) is 20.4 Å². The number of rotatable bonds is 2. The smallest absolute Gasteiger partial charge is 0.317 e. The summed E-state index contributed by atoms with van der Waals surface area (Å²) in [6, 6.07) is 14.0. The molecule has 112 valence electrons. The van der Waals surface area contributed by atoms with Crippen molar-refractivity contribution in [2.75, 3.05) is 31.6 Å². The van der Waals surface area contributed by atoms with E-state index in [0.717, 1.165) is 30.2 Å². The lowest BCUT2D eigenvalue weighted by Crippen LogP contribution is -2.69. The Morgan fingerprint density at radius 2 is 1.86 bits per heavy atom. The van der Waals surface area contributed by atoms with Crippen molar-refractivity contribution in [3.8, 4) is 11.3 Å². The molecule has 0 radical (unpaired) electrons. The Balaban J connectivity index is 1.48. The van der Waals surface area contributed by atoms with Crippen molar-refractivity contribution in [1.29, 1.82) is 0 Å². The van der Waals surface area contributed by atoms with Crippen molar-refractivity contribution in [2.24, 2.45) is 0 Å². The van der Waals surface area contributed by atoms with Gasteiger partial charge in [-0.15, -0.1) is 10.2 Å². The van der Waals surface area contributed by atoms with Crippen LogP contribution in [0.25, 0.3) is 11.3 Å². The summed E-state index contributed by atoms with van der Waals surface area (Å²) in [5.74, 6) is 0.859. The summed E-state index contributed by atoms with van der Waals surface area (Å²) in [5, 5.41) is 11.5. The zero-order chi connectivity index (χ0) is 15.2. The standard InChI is InChI=1S/C16H17N5O/c1-20-15(22)17-9-16(20)10-21(11-16)14-8-7-13(18-19-14)12-5-3-2-4-6-12/h2-8H,9-11H2,1H3,(H,17,22). The number of hydrogen-bond acceptors (Lipinski definition) is 4. The molecule has 2 amide bonds. The lowest BCUT2D eigenvalue weighted by atomic mass is 9.89. The number of carbonyl (C=O) groups excluding carboxylic acids is 1. The third-order valence-electron chi connectivity index (χ3n) is 4.60. The van der Waals surface area contributed by atoms with Gasteiger partial charge in [-0.3, -0.25) is 0 Å². The molecular formula is C16H17N5O. The highest BCUT2D eigenvalue weighted by Crippen LogP contribution is 2.33. The predicted molar refractivity (Wildman–Crippen MR) is 83.6 cm³/mol. The Kier molecular flexibility index (Phi) is 2.79. The SMILES string of the molecule is CN1C(=O)NCC12CN(c1ccc(-c3ccccc3)nn1)C2. The Bertz CT molecular complexity index is 694. The van der Waals surface area contributed by atoms with Crippen molar-refractivity contribution < 1.29 is 4.79 Å². The summed E-state index contributed by atoms with van der Waals surface area (Å²) in [6.45, 7) is 2.29. The molecule has 0 atom stereocenters. The molecule has 6 nitrogen and oxygen atoms in total. The summed E-state index contributed by atoms with van der Waals surface area (Å²) >= 11 is 0. The fraction of sp³-hybridized carbons (Fsp3) is 0.312. The van der Waals surface area contributed by atoms with E-state index in [4.69, 9.17) is 0 Å². The van der Waals surface area contributed by atoms with E-state index in [9.17, 15) is 4.79 Å². The predicted octanol–water partition coefficient (Wildman–Crippen LogP) is 1.36. The van der Waals surface area contributed by atoms with Crippen LogP contribution in [0.4, 0.5) is 10.6 Å². The highest BCUT2D eigenvalue weighted by atomic mass is 16.2. The van der Waals surface area contributed by atoms with Gasteiger partial charge in [-0.2, -0.15) is 0 Å². The first-order valence-corrected chi connectivity index (χ1v) is 7.34. The van der Waals surface area contributed by atoms with Gasteiger partial charge in [0.25, 0.3) is 0 Å². The summed E-state index contributed by atoms with van der Waals surface area (Å²) in [7, 11) is 1.85. The van der Waals surface area contributed by atoms with Crippen molar-refractivity contribution in [3.05, 3.63) is 42.5 Å². The third kappa shape index (κ3) is 1.91. The van der Waals surface area contributed by atoms with Crippen LogP contribution in [0.5, 0.6) is 0 Å². The number of benzene rings is 1. The molecular weight excluding hydrogens is 278 g/mol. The molecule has 22 heavy (non-hydrogen) atoms. The number of hydrogen-bond donors (Lipinski definition) is 1. The van der Waals surface area contributed by atoms with Crippen LogP contribution >= 0.6 is 0 Å². The fourth-order valence-corrected chi connectivity index (χ4v) is 3.10. The number of urea groups is 1. The Morgan fingerprint density at radius 1 is 1.09 bits per heavy atom. The second-order valence-corrected chi connectivity index (χ2v) is 5.94. The van der Waals surface area contributed by atoms with Crippen molar-refractivity contribution in [3.63, 3.8) is 0 Å². The average Bonchev–Trinajstić information content (AvgIpc) is 2.83. The second-order valence-electron chi connectivity index (χ2n) is 5.94. The number of likely N-dealkylation sites (N-methyl/N-ethyl adjacent to an activating group) is 1.